The van der Waals surface area contributed by atoms with Gasteiger partial charge in [-0.1, -0.05) is 0 Å². The van der Waals surface area contributed by atoms with Gasteiger partial charge >= 0.3 is 0 Å². The Labute approximate surface area is 173 Å². The van der Waals surface area contributed by atoms with E-state index in [1.54, 1.807) is 10.6 Å². The first-order chi connectivity index (χ1) is 14.5. The van der Waals surface area contributed by atoms with E-state index >= 15 is 4.39 Å². The summed E-state index contributed by atoms with van der Waals surface area (Å²) in [6, 6.07) is 8.40. The lowest BCUT2D eigenvalue weighted by molar-refractivity contribution is 0.358. The van der Waals surface area contributed by atoms with Gasteiger partial charge in [-0.3, -0.25) is 0 Å². The lowest BCUT2D eigenvalue weighted by Crippen LogP contribution is -2.37. The van der Waals surface area contributed by atoms with Gasteiger partial charge in [-0.15, -0.1) is 0 Å². The molecule has 0 saturated carbocycles. The van der Waals surface area contributed by atoms with Gasteiger partial charge in [0.05, 0.1) is 28.8 Å². The smallest absolute Gasteiger partial charge is 0.156 e. The molecular weight excluding hydrogens is 379 g/mol. The van der Waals surface area contributed by atoms with Gasteiger partial charge < -0.3 is 5.32 Å². The number of fused-ring (bicyclic) bond motifs is 4. The fraction of sp³-hybridized carbons (Fsp3) is 0.391. The maximum atomic E-state index is 15.1. The number of rotatable bonds is 2. The summed E-state index contributed by atoms with van der Waals surface area (Å²) in [5.41, 5.74) is 5.58. The van der Waals surface area contributed by atoms with Crippen LogP contribution in [0.15, 0.2) is 30.5 Å². The molecule has 0 spiro atoms. The van der Waals surface area contributed by atoms with Crippen LogP contribution in [-0.4, -0.2) is 36.9 Å². The molecule has 0 unspecified atom stereocenters. The molecule has 2 saturated heterocycles. The highest BCUT2D eigenvalue weighted by Crippen LogP contribution is 2.37. The van der Waals surface area contributed by atoms with Gasteiger partial charge in [0.25, 0.3) is 0 Å². The van der Waals surface area contributed by atoms with Crippen LogP contribution in [0.4, 0.5) is 4.39 Å². The summed E-state index contributed by atoms with van der Waals surface area (Å²) in [4.78, 5) is 4.48. The number of imidazole rings is 1. The molecule has 3 atom stereocenters. The minimum absolute atomic E-state index is 0.281. The molecule has 1 aromatic carbocycles. The number of hydrogen-bond acceptors (Lipinski definition) is 5. The van der Waals surface area contributed by atoms with Crippen LogP contribution in [0.25, 0.3) is 27.8 Å². The highest BCUT2D eigenvalue weighted by atomic mass is 19.1. The Kier molecular flexibility index (Phi) is 3.90. The topological polar surface area (TPSA) is 68.0 Å². The van der Waals surface area contributed by atoms with Gasteiger partial charge in [0.15, 0.2) is 5.65 Å². The average molecular weight is 402 g/mol. The lowest BCUT2D eigenvalue weighted by atomic mass is 9.89. The zero-order chi connectivity index (χ0) is 20.4. The second kappa shape index (κ2) is 6.54. The maximum absolute atomic E-state index is 15.1. The summed E-state index contributed by atoms with van der Waals surface area (Å²) in [5, 5.41) is 17.7. The predicted octanol–water partition coefficient (Wildman–Crippen LogP) is 4.09. The van der Waals surface area contributed by atoms with Gasteiger partial charge in [-0.05, 0) is 69.4 Å². The molecule has 6 rings (SSSR count). The SMILES string of the molecule is Cc1cn2nc(-c3cc(F)c4cc([C@@H]5C[C@H]6CC[C@@H](C5)N6)nnc4c3)cc(C)c2n1. The number of aryl methyl sites for hydroxylation is 2. The molecule has 5 heterocycles. The number of nitrogens with one attached hydrogen (secondary N) is 1. The Bertz CT molecular complexity index is 1280. The fourth-order valence-electron chi connectivity index (χ4n) is 5.15. The monoisotopic (exact) mass is 402 g/mol. The van der Waals surface area contributed by atoms with E-state index in [0.29, 0.717) is 40.2 Å². The molecule has 2 bridgehead atoms. The van der Waals surface area contributed by atoms with Crippen LogP contribution >= 0.6 is 0 Å². The largest absolute Gasteiger partial charge is 0.311 e. The lowest BCUT2D eigenvalue weighted by Gasteiger charge is -2.28. The maximum Gasteiger partial charge on any atom is 0.156 e. The average Bonchev–Trinajstić information content (AvgIpc) is 3.28. The normalized spacial score (nSPS) is 23.5. The third-order valence-corrected chi connectivity index (χ3v) is 6.59. The zero-order valence-electron chi connectivity index (χ0n) is 17.1. The van der Waals surface area contributed by atoms with Crippen LogP contribution in [0.2, 0.25) is 0 Å². The van der Waals surface area contributed by atoms with Crippen molar-refractivity contribution in [3.8, 4) is 11.3 Å². The first-order valence-corrected chi connectivity index (χ1v) is 10.6. The van der Waals surface area contributed by atoms with Gasteiger partial charge in [-0.2, -0.15) is 15.3 Å². The van der Waals surface area contributed by atoms with Crippen molar-refractivity contribution in [2.24, 2.45) is 0 Å². The van der Waals surface area contributed by atoms with Crippen molar-refractivity contribution < 1.29 is 4.39 Å². The molecule has 7 heteroatoms. The molecule has 2 aliphatic heterocycles. The van der Waals surface area contributed by atoms with Crippen molar-refractivity contribution in [3.63, 3.8) is 0 Å². The van der Waals surface area contributed by atoms with Gasteiger partial charge in [0, 0.05) is 29.0 Å². The summed E-state index contributed by atoms with van der Waals surface area (Å²) in [6.07, 6.45) is 6.45. The van der Waals surface area contributed by atoms with Crippen molar-refractivity contribution in [1.82, 2.24) is 30.1 Å². The van der Waals surface area contributed by atoms with E-state index in [4.69, 9.17) is 0 Å². The van der Waals surface area contributed by atoms with Gasteiger partial charge in [-0.25, -0.2) is 13.9 Å². The number of piperidine rings is 1. The number of aromatic nitrogens is 5. The predicted molar refractivity (Wildman–Crippen MR) is 113 cm³/mol. The van der Waals surface area contributed by atoms with Crippen molar-refractivity contribution >= 4 is 16.6 Å². The van der Waals surface area contributed by atoms with E-state index in [-0.39, 0.29) is 5.82 Å². The number of nitrogens with zero attached hydrogens (tertiary/aromatic N) is 5. The molecule has 1 N–H and O–H groups in total. The molecule has 0 radical (unpaired) electrons. The van der Waals surface area contributed by atoms with Crippen LogP contribution in [-0.2, 0) is 0 Å². The van der Waals surface area contributed by atoms with Crippen molar-refractivity contribution in [2.75, 3.05) is 0 Å². The molecule has 6 nitrogen and oxygen atoms in total. The Morgan fingerprint density at radius 2 is 1.83 bits per heavy atom. The van der Waals surface area contributed by atoms with E-state index in [1.807, 2.05) is 38.2 Å². The highest BCUT2D eigenvalue weighted by Gasteiger charge is 2.35. The summed E-state index contributed by atoms with van der Waals surface area (Å²) in [7, 11) is 0. The second-order valence-corrected chi connectivity index (χ2v) is 8.83. The molecule has 3 aromatic heterocycles. The Morgan fingerprint density at radius 3 is 2.63 bits per heavy atom. The number of hydrogen-bond donors (Lipinski definition) is 1. The highest BCUT2D eigenvalue weighted by molar-refractivity contribution is 5.84. The fourth-order valence-corrected chi connectivity index (χ4v) is 5.15. The summed E-state index contributed by atoms with van der Waals surface area (Å²) in [5.74, 6) is 0.0767. The molecule has 0 aliphatic carbocycles. The molecule has 30 heavy (non-hydrogen) atoms. The van der Waals surface area contributed by atoms with Crippen molar-refractivity contribution in [1.29, 1.82) is 0 Å². The Hall–Kier alpha value is -2.93. The van der Waals surface area contributed by atoms with E-state index in [1.165, 1.54) is 12.8 Å². The van der Waals surface area contributed by atoms with Crippen LogP contribution in [0.1, 0.15) is 48.6 Å². The first-order valence-electron chi connectivity index (χ1n) is 10.6. The molecule has 152 valence electrons. The standard InChI is InChI=1S/C23H23FN6/c1-12-5-21(29-30-11-13(2)25-23(12)30)15-8-19(24)18-10-20(27-28-22(18)9-15)14-6-16-3-4-17(7-14)26-16/h5,8-11,14,16-17,26H,3-4,6-7H2,1-2H3/t14-,16-,17+. The number of halogens is 1. The molecule has 2 fully saturated rings. The minimum Gasteiger partial charge on any atom is -0.311 e. The molecule has 2 aliphatic rings. The third-order valence-electron chi connectivity index (χ3n) is 6.59. The quantitative estimate of drug-likeness (QED) is 0.547. The third kappa shape index (κ3) is 2.88. The molecule has 4 aromatic rings. The van der Waals surface area contributed by atoms with Crippen molar-refractivity contribution in [2.45, 2.75) is 57.5 Å². The van der Waals surface area contributed by atoms with Gasteiger partial charge in [0.2, 0.25) is 0 Å². The second-order valence-electron chi connectivity index (χ2n) is 8.83. The van der Waals surface area contributed by atoms with E-state index in [9.17, 15) is 0 Å². The van der Waals surface area contributed by atoms with E-state index in [0.717, 1.165) is 35.4 Å². The Morgan fingerprint density at radius 1 is 1.03 bits per heavy atom. The summed E-state index contributed by atoms with van der Waals surface area (Å²) in [6.45, 7) is 3.92. The van der Waals surface area contributed by atoms with Crippen molar-refractivity contribution in [3.05, 3.63) is 53.2 Å². The first kappa shape index (κ1) is 17.9. The van der Waals surface area contributed by atoms with Crippen LogP contribution in [0.3, 0.4) is 0 Å². The van der Waals surface area contributed by atoms with E-state index in [2.05, 4.69) is 25.6 Å². The number of benzene rings is 1. The van der Waals surface area contributed by atoms with E-state index < -0.39 is 0 Å². The van der Waals surface area contributed by atoms with Crippen LogP contribution in [0, 0.1) is 19.7 Å². The summed E-state index contributed by atoms with van der Waals surface area (Å²) >= 11 is 0. The van der Waals surface area contributed by atoms with Crippen LogP contribution in [0.5, 0.6) is 0 Å². The zero-order valence-corrected chi connectivity index (χ0v) is 17.1. The molecular formula is C23H23FN6. The van der Waals surface area contributed by atoms with Gasteiger partial charge in [0.1, 0.15) is 5.82 Å². The van der Waals surface area contributed by atoms with Crippen LogP contribution < -0.4 is 5.32 Å². The Balaban J connectivity index is 1.41. The molecule has 0 amide bonds. The summed E-state index contributed by atoms with van der Waals surface area (Å²) < 4.78 is 16.9. The minimum atomic E-state index is -0.281.